The Kier molecular flexibility index (Phi) is 6.23. The Morgan fingerprint density at radius 3 is 2.36 bits per heavy atom. The third-order valence-electron chi connectivity index (χ3n) is 4.03. The van der Waals surface area contributed by atoms with Gasteiger partial charge in [-0.1, -0.05) is 12.1 Å². The molecule has 124 valence electrons. The van der Waals surface area contributed by atoms with E-state index in [1.165, 1.54) is 12.8 Å². The Morgan fingerprint density at radius 1 is 1.18 bits per heavy atom. The summed E-state index contributed by atoms with van der Waals surface area (Å²) in [6.45, 7) is 6.72. The number of likely N-dealkylation sites (tertiary alicyclic amines) is 1. The fourth-order valence-electron chi connectivity index (χ4n) is 2.77. The van der Waals surface area contributed by atoms with Crippen LogP contribution in [0.5, 0.6) is 5.75 Å². The number of nitrogens with zero attached hydrogens (tertiary/aromatic N) is 1. The normalized spacial score (nSPS) is 17.5. The van der Waals surface area contributed by atoms with Gasteiger partial charge in [0.2, 0.25) is 10.0 Å². The van der Waals surface area contributed by atoms with E-state index < -0.39 is 10.0 Å². The molecule has 1 N–H and O–H groups in total. The van der Waals surface area contributed by atoms with Crippen LogP contribution in [0, 0.1) is 0 Å². The van der Waals surface area contributed by atoms with E-state index in [4.69, 9.17) is 4.74 Å². The molecule has 1 aromatic carbocycles. The van der Waals surface area contributed by atoms with E-state index >= 15 is 0 Å². The van der Waals surface area contributed by atoms with Gasteiger partial charge in [-0.05, 0) is 57.5 Å². The number of sulfonamides is 1. The van der Waals surface area contributed by atoms with Gasteiger partial charge in [0.25, 0.3) is 0 Å². The molecule has 1 heterocycles. The lowest BCUT2D eigenvalue weighted by Gasteiger charge is -2.28. The standard InChI is InChI=1S/C16H26N2O3S/c1-3-21-15-9-7-14(8-10-15)16(18-11-5-6-12-18)13-17-22(19,20)4-2/h7-10,16-17H,3-6,11-13H2,1-2H3. The van der Waals surface area contributed by atoms with Crippen LogP contribution < -0.4 is 9.46 Å². The quantitative estimate of drug-likeness (QED) is 0.795. The summed E-state index contributed by atoms with van der Waals surface area (Å²) in [5.74, 6) is 0.962. The highest BCUT2D eigenvalue weighted by Crippen LogP contribution is 2.26. The molecule has 0 spiro atoms. The van der Waals surface area contributed by atoms with Crippen LogP contribution in [0.2, 0.25) is 0 Å². The second-order valence-corrected chi connectivity index (χ2v) is 7.61. The predicted octanol–water partition coefficient (Wildman–Crippen LogP) is 2.16. The van der Waals surface area contributed by atoms with Crippen LogP contribution in [0.4, 0.5) is 0 Å². The summed E-state index contributed by atoms with van der Waals surface area (Å²) in [6, 6.07) is 8.06. The topological polar surface area (TPSA) is 58.6 Å². The molecular formula is C16H26N2O3S. The second kappa shape index (κ2) is 7.94. The first-order valence-corrected chi connectivity index (χ1v) is 9.65. The van der Waals surface area contributed by atoms with Crippen molar-refractivity contribution in [1.29, 1.82) is 0 Å². The average molecular weight is 326 g/mol. The summed E-state index contributed by atoms with van der Waals surface area (Å²) in [5.41, 5.74) is 1.13. The van der Waals surface area contributed by atoms with Crippen molar-refractivity contribution in [1.82, 2.24) is 9.62 Å². The van der Waals surface area contributed by atoms with Gasteiger partial charge >= 0.3 is 0 Å². The number of nitrogens with one attached hydrogen (secondary N) is 1. The van der Waals surface area contributed by atoms with Crippen molar-refractivity contribution < 1.29 is 13.2 Å². The van der Waals surface area contributed by atoms with Gasteiger partial charge in [-0.25, -0.2) is 13.1 Å². The summed E-state index contributed by atoms with van der Waals surface area (Å²) in [7, 11) is -3.17. The van der Waals surface area contributed by atoms with Crippen LogP contribution >= 0.6 is 0 Å². The van der Waals surface area contributed by atoms with Crippen LogP contribution in [0.15, 0.2) is 24.3 Å². The highest BCUT2D eigenvalue weighted by Gasteiger charge is 2.24. The van der Waals surface area contributed by atoms with E-state index in [0.717, 1.165) is 24.4 Å². The lowest BCUT2D eigenvalue weighted by molar-refractivity contribution is 0.246. The molecule has 22 heavy (non-hydrogen) atoms. The van der Waals surface area contributed by atoms with Gasteiger partial charge in [0, 0.05) is 12.6 Å². The third kappa shape index (κ3) is 4.69. The first kappa shape index (κ1) is 17.2. The molecule has 0 saturated carbocycles. The number of hydrogen-bond donors (Lipinski definition) is 1. The van der Waals surface area contributed by atoms with Crippen molar-refractivity contribution in [3.63, 3.8) is 0 Å². The number of hydrogen-bond acceptors (Lipinski definition) is 4. The van der Waals surface area contributed by atoms with Crippen LogP contribution in [-0.2, 0) is 10.0 Å². The lowest BCUT2D eigenvalue weighted by atomic mass is 10.1. The Balaban J connectivity index is 2.12. The van der Waals surface area contributed by atoms with Gasteiger partial charge in [-0.2, -0.15) is 0 Å². The number of rotatable bonds is 8. The summed E-state index contributed by atoms with van der Waals surface area (Å²) in [4.78, 5) is 2.36. The molecule has 1 aliphatic rings. The van der Waals surface area contributed by atoms with E-state index in [9.17, 15) is 8.42 Å². The number of benzene rings is 1. The van der Waals surface area contributed by atoms with Crippen LogP contribution in [0.25, 0.3) is 0 Å². The fraction of sp³-hybridized carbons (Fsp3) is 0.625. The molecule has 1 aromatic rings. The lowest BCUT2D eigenvalue weighted by Crippen LogP contribution is -2.37. The monoisotopic (exact) mass is 326 g/mol. The summed E-state index contributed by atoms with van der Waals surface area (Å²) < 4.78 is 31.7. The molecule has 2 rings (SSSR count). The van der Waals surface area contributed by atoms with E-state index in [2.05, 4.69) is 9.62 Å². The minimum atomic E-state index is -3.17. The molecule has 0 aromatic heterocycles. The zero-order valence-electron chi connectivity index (χ0n) is 13.4. The van der Waals surface area contributed by atoms with Crippen LogP contribution in [0.1, 0.15) is 38.3 Å². The van der Waals surface area contributed by atoms with Crippen molar-refractivity contribution in [2.45, 2.75) is 32.7 Å². The highest BCUT2D eigenvalue weighted by molar-refractivity contribution is 7.89. The predicted molar refractivity (Wildman–Crippen MR) is 88.6 cm³/mol. The van der Waals surface area contributed by atoms with Gasteiger partial charge in [-0.15, -0.1) is 0 Å². The molecule has 0 bridgehead atoms. The minimum Gasteiger partial charge on any atom is -0.494 e. The largest absolute Gasteiger partial charge is 0.494 e. The van der Waals surface area contributed by atoms with Crippen molar-refractivity contribution in [2.24, 2.45) is 0 Å². The summed E-state index contributed by atoms with van der Waals surface area (Å²) in [5, 5.41) is 0. The maximum atomic E-state index is 11.7. The summed E-state index contributed by atoms with van der Waals surface area (Å²) in [6.07, 6.45) is 2.35. The van der Waals surface area contributed by atoms with E-state index in [1.807, 2.05) is 31.2 Å². The maximum Gasteiger partial charge on any atom is 0.211 e. The number of ether oxygens (including phenoxy) is 1. The van der Waals surface area contributed by atoms with E-state index in [-0.39, 0.29) is 11.8 Å². The van der Waals surface area contributed by atoms with E-state index in [1.54, 1.807) is 6.92 Å². The Labute approximate surface area is 133 Å². The minimum absolute atomic E-state index is 0.0829. The molecule has 1 atom stereocenters. The van der Waals surface area contributed by atoms with Gasteiger partial charge < -0.3 is 4.74 Å². The third-order valence-corrected chi connectivity index (χ3v) is 5.40. The Bertz CT molecular complexity index is 551. The molecule has 1 aliphatic heterocycles. The molecule has 1 fully saturated rings. The highest BCUT2D eigenvalue weighted by atomic mass is 32.2. The first-order chi connectivity index (χ1) is 10.6. The van der Waals surface area contributed by atoms with Gasteiger partial charge in [-0.3, -0.25) is 4.90 Å². The zero-order chi connectivity index (χ0) is 16.0. The SMILES string of the molecule is CCOc1ccc(C(CNS(=O)(=O)CC)N2CCCC2)cc1. The maximum absolute atomic E-state index is 11.7. The molecule has 0 amide bonds. The smallest absolute Gasteiger partial charge is 0.211 e. The molecule has 6 heteroatoms. The Morgan fingerprint density at radius 2 is 1.82 bits per heavy atom. The molecular weight excluding hydrogens is 300 g/mol. The first-order valence-electron chi connectivity index (χ1n) is 8.00. The molecule has 5 nitrogen and oxygen atoms in total. The molecule has 1 saturated heterocycles. The van der Waals surface area contributed by atoms with Crippen LogP contribution in [-0.4, -0.2) is 45.3 Å². The van der Waals surface area contributed by atoms with Crippen molar-refractivity contribution in [2.75, 3.05) is 32.0 Å². The zero-order valence-corrected chi connectivity index (χ0v) is 14.2. The summed E-state index contributed by atoms with van der Waals surface area (Å²) >= 11 is 0. The van der Waals surface area contributed by atoms with Crippen molar-refractivity contribution >= 4 is 10.0 Å². The molecule has 0 radical (unpaired) electrons. The van der Waals surface area contributed by atoms with Crippen molar-refractivity contribution in [3.05, 3.63) is 29.8 Å². The van der Waals surface area contributed by atoms with Gasteiger partial charge in [0.1, 0.15) is 5.75 Å². The fourth-order valence-corrected chi connectivity index (χ4v) is 3.39. The van der Waals surface area contributed by atoms with Gasteiger partial charge in [0.15, 0.2) is 0 Å². The van der Waals surface area contributed by atoms with Crippen LogP contribution in [0.3, 0.4) is 0 Å². The Hall–Kier alpha value is -1.11. The van der Waals surface area contributed by atoms with Crippen molar-refractivity contribution in [3.8, 4) is 5.75 Å². The molecule has 0 aliphatic carbocycles. The van der Waals surface area contributed by atoms with Gasteiger partial charge in [0.05, 0.1) is 12.4 Å². The average Bonchev–Trinajstić information content (AvgIpc) is 3.03. The second-order valence-electron chi connectivity index (χ2n) is 5.51. The van der Waals surface area contributed by atoms with E-state index in [0.29, 0.717) is 13.2 Å². The molecule has 1 unspecified atom stereocenters.